The van der Waals surface area contributed by atoms with Crippen molar-refractivity contribution < 1.29 is 4.57 Å². The highest BCUT2D eigenvalue weighted by Crippen LogP contribution is 2.08. The van der Waals surface area contributed by atoms with Gasteiger partial charge in [0.1, 0.15) is 11.9 Å². The topological polar surface area (TPSA) is 45.7 Å². The third kappa shape index (κ3) is 2.56. The SMILES string of the molecule is CC(C)c1[nH]c(CCCN)c[n+]1C. The van der Waals surface area contributed by atoms with E-state index in [-0.39, 0.29) is 0 Å². The van der Waals surface area contributed by atoms with Gasteiger partial charge in [-0.3, -0.25) is 0 Å². The fourth-order valence-electron chi connectivity index (χ4n) is 1.56. The molecule has 13 heavy (non-hydrogen) atoms. The summed E-state index contributed by atoms with van der Waals surface area (Å²) in [5.74, 6) is 1.84. The fraction of sp³-hybridized carbons (Fsp3) is 0.700. The molecule has 0 aromatic carbocycles. The second kappa shape index (κ2) is 4.42. The number of rotatable bonds is 4. The Labute approximate surface area is 80.0 Å². The van der Waals surface area contributed by atoms with Crippen LogP contribution in [0.4, 0.5) is 0 Å². The number of imidazole rings is 1. The second-order valence-corrected chi connectivity index (χ2v) is 3.82. The number of hydrogen-bond donors (Lipinski definition) is 2. The van der Waals surface area contributed by atoms with E-state index in [1.807, 2.05) is 0 Å². The Morgan fingerprint density at radius 2 is 2.23 bits per heavy atom. The second-order valence-electron chi connectivity index (χ2n) is 3.82. The average Bonchev–Trinajstić information content (AvgIpc) is 2.43. The first-order valence-corrected chi connectivity index (χ1v) is 4.92. The van der Waals surface area contributed by atoms with Crippen LogP contribution in [0.2, 0.25) is 0 Å². The molecule has 1 rings (SSSR count). The molecule has 0 atom stereocenters. The predicted molar refractivity (Wildman–Crippen MR) is 53.4 cm³/mol. The number of H-pyrrole nitrogens is 1. The molecule has 1 heterocycles. The lowest BCUT2D eigenvalue weighted by Crippen LogP contribution is -2.31. The lowest BCUT2D eigenvalue weighted by molar-refractivity contribution is -0.679. The zero-order valence-electron chi connectivity index (χ0n) is 8.80. The molecule has 0 aliphatic carbocycles. The Kier molecular flexibility index (Phi) is 3.48. The minimum atomic E-state index is 0.552. The van der Waals surface area contributed by atoms with Crippen molar-refractivity contribution in [2.24, 2.45) is 12.8 Å². The van der Waals surface area contributed by atoms with Gasteiger partial charge >= 0.3 is 0 Å². The first kappa shape index (κ1) is 10.3. The maximum atomic E-state index is 5.46. The third-order valence-electron chi connectivity index (χ3n) is 2.22. The van der Waals surface area contributed by atoms with Crippen molar-refractivity contribution in [2.45, 2.75) is 32.6 Å². The van der Waals surface area contributed by atoms with Crippen LogP contribution in [0, 0.1) is 0 Å². The molecular formula is C10H20N3+. The molecule has 0 saturated heterocycles. The van der Waals surface area contributed by atoms with Gasteiger partial charge in [-0.15, -0.1) is 0 Å². The van der Waals surface area contributed by atoms with Crippen LogP contribution in [-0.2, 0) is 13.5 Å². The molecule has 3 N–H and O–H groups in total. The lowest BCUT2D eigenvalue weighted by atomic mass is 10.2. The predicted octanol–water partition coefficient (Wildman–Crippen LogP) is 0.854. The van der Waals surface area contributed by atoms with Crippen molar-refractivity contribution in [3.05, 3.63) is 17.7 Å². The summed E-state index contributed by atoms with van der Waals surface area (Å²) in [5.41, 5.74) is 6.75. The van der Waals surface area contributed by atoms with E-state index in [2.05, 4.69) is 36.6 Å². The standard InChI is InChI=1S/C10H19N3/c1-8(2)10-12-9(5-4-6-11)7-13(10)3/h7-8H,4-6,11H2,1-3H3/p+1. The first-order chi connectivity index (χ1) is 6.15. The minimum absolute atomic E-state index is 0.552. The van der Waals surface area contributed by atoms with Crippen LogP contribution in [0.1, 0.15) is 37.7 Å². The number of nitrogens with one attached hydrogen (secondary N) is 1. The Hall–Kier alpha value is -0.830. The van der Waals surface area contributed by atoms with Gasteiger partial charge in [0.05, 0.1) is 13.0 Å². The van der Waals surface area contributed by atoms with E-state index in [0.29, 0.717) is 5.92 Å². The highest BCUT2D eigenvalue weighted by molar-refractivity contribution is 4.97. The number of aryl methyl sites for hydroxylation is 2. The van der Waals surface area contributed by atoms with Crippen molar-refractivity contribution >= 4 is 0 Å². The number of nitrogens with two attached hydrogens (primary N) is 1. The van der Waals surface area contributed by atoms with Crippen LogP contribution in [0.15, 0.2) is 6.20 Å². The maximum absolute atomic E-state index is 5.46. The van der Waals surface area contributed by atoms with Gasteiger partial charge in [-0.1, -0.05) is 13.8 Å². The van der Waals surface area contributed by atoms with E-state index in [4.69, 9.17) is 5.73 Å². The Balaban J connectivity index is 2.71. The Morgan fingerprint density at radius 3 is 2.69 bits per heavy atom. The summed E-state index contributed by atoms with van der Waals surface area (Å²) in [7, 11) is 2.08. The molecule has 0 radical (unpaired) electrons. The summed E-state index contributed by atoms with van der Waals surface area (Å²) in [6, 6.07) is 0. The average molecular weight is 182 g/mol. The summed E-state index contributed by atoms with van der Waals surface area (Å²) in [4.78, 5) is 3.42. The number of hydrogen-bond acceptors (Lipinski definition) is 1. The summed E-state index contributed by atoms with van der Waals surface area (Å²) in [5, 5.41) is 0. The van der Waals surface area contributed by atoms with E-state index < -0.39 is 0 Å². The first-order valence-electron chi connectivity index (χ1n) is 4.92. The summed E-state index contributed by atoms with van der Waals surface area (Å²) < 4.78 is 2.16. The molecule has 1 aromatic heterocycles. The van der Waals surface area contributed by atoms with Gasteiger partial charge in [0, 0.05) is 6.42 Å². The van der Waals surface area contributed by atoms with E-state index >= 15 is 0 Å². The van der Waals surface area contributed by atoms with E-state index in [0.717, 1.165) is 19.4 Å². The molecule has 3 heteroatoms. The van der Waals surface area contributed by atoms with Crippen LogP contribution < -0.4 is 10.3 Å². The van der Waals surface area contributed by atoms with Crippen molar-refractivity contribution in [1.82, 2.24) is 4.98 Å². The number of nitrogens with zero attached hydrogens (tertiary/aromatic N) is 1. The maximum Gasteiger partial charge on any atom is 0.256 e. The fourth-order valence-corrected chi connectivity index (χ4v) is 1.56. The molecule has 74 valence electrons. The lowest BCUT2D eigenvalue weighted by Gasteiger charge is -1.95. The van der Waals surface area contributed by atoms with Gasteiger partial charge in [-0.05, 0) is 13.0 Å². The molecular weight excluding hydrogens is 162 g/mol. The molecule has 0 unspecified atom stereocenters. The quantitative estimate of drug-likeness (QED) is 0.666. The van der Waals surface area contributed by atoms with Crippen LogP contribution in [-0.4, -0.2) is 11.5 Å². The van der Waals surface area contributed by atoms with Gasteiger partial charge in [-0.25, -0.2) is 9.55 Å². The van der Waals surface area contributed by atoms with Gasteiger partial charge in [0.15, 0.2) is 0 Å². The molecule has 0 fully saturated rings. The van der Waals surface area contributed by atoms with Crippen LogP contribution in [0.25, 0.3) is 0 Å². The molecule has 0 spiro atoms. The highest BCUT2D eigenvalue weighted by atomic mass is 15.0. The molecule has 3 nitrogen and oxygen atoms in total. The highest BCUT2D eigenvalue weighted by Gasteiger charge is 2.15. The van der Waals surface area contributed by atoms with Gasteiger partial charge in [0.2, 0.25) is 0 Å². The molecule has 0 bridgehead atoms. The van der Waals surface area contributed by atoms with Crippen LogP contribution >= 0.6 is 0 Å². The minimum Gasteiger partial charge on any atom is -0.330 e. The van der Waals surface area contributed by atoms with Crippen LogP contribution in [0.5, 0.6) is 0 Å². The van der Waals surface area contributed by atoms with Gasteiger partial charge < -0.3 is 5.73 Å². The Bertz CT molecular complexity index is 263. The van der Waals surface area contributed by atoms with Gasteiger partial charge in [0.25, 0.3) is 5.82 Å². The molecule has 1 aromatic rings. The third-order valence-corrected chi connectivity index (χ3v) is 2.22. The zero-order chi connectivity index (χ0) is 9.84. The number of aromatic amines is 1. The Morgan fingerprint density at radius 1 is 1.54 bits per heavy atom. The summed E-state index contributed by atoms with van der Waals surface area (Å²) >= 11 is 0. The largest absolute Gasteiger partial charge is 0.330 e. The zero-order valence-corrected chi connectivity index (χ0v) is 8.80. The molecule has 0 saturated carbocycles. The summed E-state index contributed by atoms with van der Waals surface area (Å²) in [6.45, 7) is 5.15. The van der Waals surface area contributed by atoms with Gasteiger partial charge in [-0.2, -0.15) is 0 Å². The smallest absolute Gasteiger partial charge is 0.256 e. The van der Waals surface area contributed by atoms with Crippen LogP contribution in [0.3, 0.4) is 0 Å². The van der Waals surface area contributed by atoms with Crippen molar-refractivity contribution in [1.29, 1.82) is 0 Å². The van der Waals surface area contributed by atoms with E-state index in [1.165, 1.54) is 11.5 Å². The monoisotopic (exact) mass is 182 g/mol. The van der Waals surface area contributed by atoms with Crippen molar-refractivity contribution in [3.63, 3.8) is 0 Å². The number of aromatic nitrogens is 2. The van der Waals surface area contributed by atoms with E-state index in [9.17, 15) is 0 Å². The van der Waals surface area contributed by atoms with E-state index in [1.54, 1.807) is 0 Å². The summed E-state index contributed by atoms with van der Waals surface area (Å²) in [6.07, 6.45) is 4.26. The molecule has 0 amide bonds. The van der Waals surface area contributed by atoms with Crippen molar-refractivity contribution in [2.75, 3.05) is 6.54 Å². The molecule has 0 aliphatic rings. The molecule has 0 aliphatic heterocycles. The van der Waals surface area contributed by atoms with Crippen molar-refractivity contribution in [3.8, 4) is 0 Å². The normalized spacial score (nSPS) is 11.2.